The molecule has 1 atom stereocenters. The van der Waals surface area contributed by atoms with Gasteiger partial charge >= 0.3 is 0 Å². The van der Waals surface area contributed by atoms with Gasteiger partial charge in [0.05, 0.1) is 20.8 Å². The molecular weight excluding hydrogens is 444 g/mol. The Morgan fingerprint density at radius 2 is 1.73 bits per heavy atom. The summed E-state index contributed by atoms with van der Waals surface area (Å²) in [7, 11) is 3.26. The summed E-state index contributed by atoms with van der Waals surface area (Å²) < 4.78 is 13.1. The molecule has 0 amide bonds. The lowest BCUT2D eigenvalue weighted by atomic mass is 10.0. The fraction of sp³-hybridized carbons (Fsp3) is 0.458. The number of amidine groups is 1. The minimum atomic E-state index is -1.10. The number of aliphatic hydroxyl groups is 1. The van der Waals surface area contributed by atoms with Gasteiger partial charge in [0, 0.05) is 12.0 Å². The van der Waals surface area contributed by atoms with Gasteiger partial charge in [0.1, 0.15) is 5.69 Å². The third-order valence-electron chi connectivity index (χ3n) is 6.23. The van der Waals surface area contributed by atoms with Crippen molar-refractivity contribution in [2.24, 2.45) is 0 Å². The monoisotopic (exact) mass is 474 g/mol. The number of nitrogens with zero attached hydrogens (tertiary/aromatic N) is 2. The Hall–Kier alpha value is -2.05. The number of hydrogen-bond donors (Lipinski definition) is 1. The highest BCUT2D eigenvalue weighted by atomic mass is 79.9. The van der Waals surface area contributed by atoms with Crippen LogP contribution in [0.5, 0.6) is 11.5 Å². The molecule has 2 aliphatic rings. The second-order valence-electron chi connectivity index (χ2n) is 8.14. The number of ether oxygens (including phenoxy) is 2. The van der Waals surface area contributed by atoms with Gasteiger partial charge in [-0.3, -0.25) is 0 Å². The van der Waals surface area contributed by atoms with Crippen LogP contribution >= 0.6 is 0 Å². The molecule has 1 unspecified atom stereocenters. The molecule has 0 saturated carbocycles. The number of aryl methyl sites for hydroxylation is 2. The molecule has 2 aromatic carbocycles. The van der Waals surface area contributed by atoms with Gasteiger partial charge in [-0.1, -0.05) is 12.1 Å². The van der Waals surface area contributed by atoms with E-state index in [-0.39, 0.29) is 17.0 Å². The van der Waals surface area contributed by atoms with Crippen LogP contribution in [-0.4, -0.2) is 42.8 Å². The van der Waals surface area contributed by atoms with E-state index in [1.165, 1.54) is 29.1 Å². The summed E-state index contributed by atoms with van der Waals surface area (Å²) in [4.78, 5) is 2.32. The van der Waals surface area contributed by atoms with Crippen molar-refractivity contribution in [3.8, 4) is 11.5 Å². The molecule has 0 saturated heterocycles. The summed E-state index contributed by atoms with van der Waals surface area (Å²) in [6.45, 7) is 5.61. The van der Waals surface area contributed by atoms with Crippen molar-refractivity contribution in [3.05, 3.63) is 53.1 Å². The highest BCUT2D eigenvalue weighted by molar-refractivity contribution is 5.96. The van der Waals surface area contributed by atoms with Crippen molar-refractivity contribution >= 4 is 11.5 Å². The number of rotatable bonds is 4. The highest BCUT2D eigenvalue weighted by Crippen LogP contribution is 2.39. The Bertz CT molecular complexity index is 959. The van der Waals surface area contributed by atoms with E-state index < -0.39 is 5.72 Å². The van der Waals surface area contributed by atoms with Crippen molar-refractivity contribution in [1.29, 1.82) is 0 Å². The first-order chi connectivity index (χ1) is 14.0. The summed E-state index contributed by atoms with van der Waals surface area (Å²) in [6.07, 6.45) is 4.39. The standard InChI is InChI=1S/C24H31N2O3.BrH/c1-17-9-10-18(2)20(14-17)25-16-24(27,26-13-7-5-6-8-23(25)26)19-11-12-21(28-3)22(15-19)29-4;/h9-12,14-15,27H,5-8,13,16H2,1-4H3;1H/q+1;/p-1. The van der Waals surface area contributed by atoms with Crippen molar-refractivity contribution in [2.75, 3.05) is 32.2 Å². The SMILES string of the molecule is COc1ccc(C2(O)CN(c3cc(C)ccc3C)C3=[N+]2CCCCC3)cc1OC.[Br-]. The van der Waals surface area contributed by atoms with Gasteiger partial charge in [-0.15, -0.1) is 0 Å². The van der Waals surface area contributed by atoms with Gasteiger partial charge in [-0.25, -0.2) is 9.48 Å². The first-order valence-electron chi connectivity index (χ1n) is 10.4. The lowest BCUT2D eigenvalue weighted by Crippen LogP contribution is -3.00. The maximum Gasteiger partial charge on any atom is 0.271 e. The Labute approximate surface area is 189 Å². The van der Waals surface area contributed by atoms with E-state index in [1.54, 1.807) is 14.2 Å². The van der Waals surface area contributed by atoms with Crippen molar-refractivity contribution in [3.63, 3.8) is 0 Å². The largest absolute Gasteiger partial charge is 1.00 e. The molecule has 2 aliphatic heterocycles. The van der Waals surface area contributed by atoms with Crippen LogP contribution in [-0.2, 0) is 5.72 Å². The predicted octanol–water partition coefficient (Wildman–Crippen LogP) is 0.975. The second kappa shape index (κ2) is 8.98. The minimum absolute atomic E-state index is 0. The van der Waals surface area contributed by atoms with Crippen molar-refractivity contribution < 1.29 is 36.1 Å². The minimum Gasteiger partial charge on any atom is -1.00 e. The van der Waals surface area contributed by atoms with Crippen LogP contribution in [0.15, 0.2) is 36.4 Å². The molecule has 1 N–H and O–H groups in total. The van der Waals surface area contributed by atoms with E-state index in [1.807, 2.05) is 18.2 Å². The summed E-state index contributed by atoms with van der Waals surface area (Å²) in [5.41, 5.74) is 3.37. The van der Waals surface area contributed by atoms with E-state index in [9.17, 15) is 5.11 Å². The highest BCUT2D eigenvalue weighted by Gasteiger charge is 2.52. The first kappa shape index (κ1) is 22.6. The van der Waals surface area contributed by atoms with Crippen molar-refractivity contribution in [1.82, 2.24) is 0 Å². The number of anilines is 1. The number of halogens is 1. The Kier molecular flexibility index (Phi) is 6.78. The fourth-order valence-electron chi connectivity index (χ4n) is 4.64. The van der Waals surface area contributed by atoms with Gasteiger partial charge in [0.25, 0.3) is 11.6 Å². The maximum atomic E-state index is 12.0. The van der Waals surface area contributed by atoms with Crippen LogP contribution in [0, 0.1) is 13.8 Å². The van der Waals surface area contributed by atoms with Gasteiger partial charge in [-0.2, -0.15) is 0 Å². The normalized spacial score (nSPS) is 21.0. The van der Waals surface area contributed by atoms with Gasteiger partial charge in [0.15, 0.2) is 18.0 Å². The summed E-state index contributed by atoms with van der Waals surface area (Å²) in [5.74, 6) is 2.53. The molecule has 2 aromatic rings. The smallest absolute Gasteiger partial charge is 0.271 e. The lowest BCUT2D eigenvalue weighted by Gasteiger charge is -2.24. The fourth-order valence-corrected chi connectivity index (χ4v) is 4.64. The van der Waals surface area contributed by atoms with Gasteiger partial charge < -0.3 is 31.6 Å². The number of benzene rings is 2. The van der Waals surface area contributed by atoms with Crippen LogP contribution < -0.4 is 31.4 Å². The van der Waals surface area contributed by atoms with Crippen LogP contribution in [0.1, 0.15) is 42.4 Å². The zero-order valence-corrected chi connectivity index (χ0v) is 19.8. The zero-order valence-electron chi connectivity index (χ0n) is 18.2. The summed E-state index contributed by atoms with van der Waals surface area (Å²) >= 11 is 0. The third kappa shape index (κ3) is 3.83. The number of hydrogen-bond acceptors (Lipinski definition) is 4. The van der Waals surface area contributed by atoms with E-state index in [0.29, 0.717) is 18.0 Å². The lowest BCUT2D eigenvalue weighted by molar-refractivity contribution is -0.658. The van der Waals surface area contributed by atoms with E-state index in [4.69, 9.17) is 9.47 Å². The van der Waals surface area contributed by atoms with Crippen LogP contribution in [0.4, 0.5) is 5.69 Å². The topological polar surface area (TPSA) is 44.9 Å². The molecule has 6 heteroatoms. The van der Waals surface area contributed by atoms with Crippen molar-refractivity contribution in [2.45, 2.75) is 45.3 Å². The Morgan fingerprint density at radius 3 is 2.47 bits per heavy atom. The van der Waals surface area contributed by atoms with Crippen LogP contribution in [0.2, 0.25) is 0 Å². The predicted molar refractivity (Wildman–Crippen MR) is 115 cm³/mol. The molecule has 0 spiro atoms. The zero-order chi connectivity index (χ0) is 20.6. The molecule has 0 aromatic heterocycles. The van der Waals surface area contributed by atoms with E-state index >= 15 is 0 Å². The molecule has 2 heterocycles. The average molecular weight is 475 g/mol. The molecule has 30 heavy (non-hydrogen) atoms. The third-order valence-corrected chi connectivity index (χ3v) is 6.23. The molecule has 4 rings (SSSR count). The van der Waals surface area contributed by atoms with Gasteiger partial charge in [-0.05, 0) is 68.5 Å². The molecule has 0 radical (unpaired) electrons. The first-order valence-corrected chi connectivity index (χ1v) is 10.4. The number of methoxy groups -OCH3 is 2. The van der Waals surface area contributed by atoms with Gasteiger partial charge in [0.2, 0.25) is 0 Å². The Morgan fingerprint density at radius 1 is 0.967 bits per heavy atom. The number of β-amino-alcohol motifs (C(OH)–C–C–N with tert-alkyl or cyclic N) is 1. The summed E-state index contributed by atoms with van der Waals surface area (Å²) in [6, 6.07) is 12.3. The summed E-state index contributed by atoms with van der Waals surface area (Å²) in [5, 5.41) is 12.0. The molecule has 0 aliphatic carbocycles. The quantitative estimate of drug-likeness (QED) is 0.670. The second-order valence-corrected chi connectivity index (χ2v) is 8.14. The van der Waals surface area contributed by atoms with E-state index in [0.717, 1.165) is 31.4 Å². The molecular formula is C24H31BrN2O3. The molecule has 0 bridgehead atoms. The average Bonchev–Trinajstić information content (AvgIpc) is 2.88. The maximum absolute atomic E-state index is 12.0. The molecule has 5 nitrogen and oxygen atoms in total. The Balaban J connectivity index is 0.00000256. The molecule has 162 valence electrons. The molecule has 0 fully saturated rings. The van der Waals surface area contributed by atoms with Crippen LogP contribution in [0.25, 0.3) is 0 Å². The van der Waals surface area contributed by atoms with Crippen LogP contribution in [0.3, 0.4) is 0 Å². The van der Waals surface area contributed by atoms with E-state index in [2.05, 4.69) is 41.5 Å².